The number of nitrogens with zero attached hydrogens (tertiary/aromatic N) is 4. The van der Waals surface area contributed by atoms with Gasteiger partial charge in [0.1, 0.15) is 0 Å². The second-order valence-electron chi connectivity index (χ2n) is 14.2. The van der Waals surface area contributed by atoms with Crippen LogP contribution in [0.2, 0.25) is 0 Å². The Morgan fingerprint density at radius 2 is 1.00 bits per heavy atom. The van der Waals surface area contributed by atoms with Gasteiger partial charge in [-0.25, -0.2) is 14.5 Å². The Morgan fingerprint density at radius 3 is 1.30 bits per heavy atom. The lowest BCUT2D eigenvalue weighted by atomic mass is 10.0. The zero-order valence-corrected chi connectivity index (χ0v) is 34.0. The van der Waals surface area contributed by atoms with Gasteiger partial charge in [0.25, 0.3) is 22.5 Å². The second-order valence-corrected chi connectivity index (χ2v) is 14.2. The third-order valence-electron chi connectivity index (χ3n) is 9.90. The molecule has 0 aliphatic carbocycles. The molecule has 2 heterocycles. The summed E-state index contributed by atoms with van der Waals surface area (Å²) in [5.74, 6) is -1.18. The Hall–Kier alpha value is -7.24. The van der Waals surface area contributed by atoms with Gasteiger partial charge in [0.15, 0.2) is 0 Å². The number of aromatic nitrogens is 2. The number of carboxylic acids is 1. The fourth-order valence-electron chi connectivity index (χ4n) is 6.66. The van der Waals surface area contributed by atoms with Crippen LogP contribution in [0.3, 0.4) is 0 Å². The molecule has 9 nitrogen and oxygen atoms in total. The summed E-state index contributed by atoms with van der Waals surface area (Å²) in [7, 11) is 0. The zero-order chi connectivity index (χ0) is 45.0. The van der Waals surface area contributed by atoms with Crippen molar-refractivity contribution in [3.63, 3.8) is 0 Å². The van der Waals surface area contributed by atoms with Crippen molar-refractivity contribution in [2.75, 3.05) is 0 Å². The van der Waals surface area contributed by atoms with Crippen molar-refractivity contribution in [2.45, 2.75) is 59.7 Å². The molecule has 325 valence electrons. The molecule has 6 rings (SSSR count). The van der Waals surface area contributed by atoms with Gasteiger partial charge in [-0.3, -0.25) is 14.3 Å². The van der Waals surface area contributed by atoms with Crippen LogP contribution < -0.4 is 11.1 Å². The molecular weight excluding hydrogens is 832 g/mol. The van der Waals surface area contributed by atoms with Crippen molar-refractivity contribution in [3.8, 4) is 22.5 Å². The average molecular weight is 874 g/mol. The minimum atomic E-state index is -4.90. The van der Waals surface area contributed by atoms with Gasteiger partial charge in [-0.15, -0.1) is 0 Å². The molecule has 17 heteroatoms. The van der Waals surface area contributed by atoms with Gasteiger partial charge in [0.2, 0.25) is 0 Å². The number of benzene rings is 4. The van der Waals surface area contributed by atoms with E-state index in [1.54, 1.807) is 30.3 Å². The molecule has 0 atom stereocenters. The van der Waals surface area contributed by atoms with Gasteiger partial charge in [0.05, 0.1) is 49.5 Å². The maximum atomic E-state index is 13.6. The monoisotopic (exact) mass is 873 g/mol. The lowest BCUT2D eigenvalue weighted by Gasteiger charge is -2.19. The highest BCUT2D eigenvalue weighted by atomic mass is 19.4. The van der Waals surface area contributed by atoms with Crippen LogP contribution in [0, 0.1) is 40.8 Å². The first-order valence-electron chi connectivity index (χ1n) is 18.3. The predicted octanol–water partition coefficient (Wildman–Crippen LogP) is 10.7. The van der Waals surface area contributed by atoms with Crippen LogP contribution in [-0.2, 0) is 32.0 Å². The van der Waals surface area contributed by atoms with Gasteiger partial charge in [-0.05, 0) is 90.9 Å². The molecule has 0 aliphatic rings. The number of halogens is 7. The number of aryl methyl sites for hydroxylation is 4. The van der Waals surface area contributed by atoms with Crippen molar-refractivity contribution in [2.24, 2.45) is 0 Å². The Morgan fingerprint density at radius 1 is 0.635 bits per heavy atom. The molecule has 0 saturated heterocycles. The van der Waals surface area contributed by atoms with E-state index in [0.717, 1.165) is 44.5 Å². The molecule has 0 amide bonds. The summed E-state index contributed by atoms with van der Waals surface area (Å²) in [4.78, 5) is 42.8. The smallest absolute Gasteiger partial charge is 0.407 e. The quantitative estimate of drug-likeness (QED) is 0.0899. The zero-order valence-electron chi connectivity index (χ0n) is 34.0. The minimum absolute atomic E-state index is 0. The van der Waals surface area contributed by atoms with Crippen LogP contribution in [0.4, 0.5) is 42.4 Å². The van der Waals surface area contributed by atoms with Gasteiger partial charge in [-0.2, -0.15) is 26.3 Å². The van der Waals surface area contributed by atoms with Crippen LogP contribution in [0.15, 0.2) is 107 Å². The number of pyridine rings is 2. The van der Waals surface area contributed by atoms with E-state index in [1.807, 2.05) is 58.0 Å². The van der Waals surface area contributed by atoms with Crippen LogP contribution in [-0.4, -0.2) is 33.7 Å². The number of carboxylic acid groups (broad SMARTS) is 1. The molecule has 2 N–H and O–H groups in total. The molecule has 0 saturated carbocycles. The molecule has 2 aromatic heterocycles. The minimum Gasteiger partial charge on any atom is -0.478 e. The number of aliphatic hydroxyl groups is 1. The highest BCUT2D eigenvalue weighted by Crippen LogP contribution is 2.39. The summed E-state index contributed by atoms with van der Waals surface area (Å²) in [5, 5.41) is 18.3. The first-order chi connectivity index (χ1) is 28.7. The van der Waals surface area contributed by atoms with Crippen molar-refractivity contribution in [1.82, 2.24) is 9.13 Å². The fraction of sp³-hybridized carbons (Fsp3) is 0.196. The van der Waals surface area contributed by atoms with E-state index >= 15 is 0 Å². The normalized spacial score (nSPS) is 10.9. The van der Waals surface area contributed by atoms with E-state index in [4.69, 9.17) is 18.3 Å². The number of carbonyl (C=O) groups is 1. The summed E-state index contributed by atoms with van der Waals surface area (Å²) >= 11 is 0. The van der Waals surface area contributed by atoms with Crippen molar-refractivity contribution < 1.29 is 47.5 Å². The van der Waals surface area contributed by atoms with E-state index in [0.29, 0.717) is 16.7 Å². The Bertz CT molecular complexity index is 2860. The molecule has 0 bridgehead atoms. The van der Waals surface area contributed by atoms with E-state index in [9.17, 15) is 45.8 Å². The average Bonchev–Trinajstić information content (AvgIpc) is 3.20. The second kappa shape index (κ2) is 20.1. The molecule has 6 aromatic rings. The molecule has 0 fully saturated rings. The molecule has 0 unspecified atom stereocenters. The maximum absolute atomic E-state index is 13.6. The van der Waals surface area contributed by atoms with Gasteiger partial charge >= 0.3 is 18.3 Å². The number of alkyl halides is 6. The van der Waals surface area contributed by atoms with Gasteiger partial charge in [0, 0.05) is 21.2 Å². The van der Waals surface area contributed by atoms with E-state index in [1.165, 1.54) is 28.8 Å². The first kappa shape index (κ1) is 50.1. The van der Waals surface area contributed by atoms with Crippen molar-refractivity contribution in [1.29, 1.82) is 0 Å². The van der Waals surface area contributed by atoms with Gasteiger partial charge < -0.3 is 19.3 Å². The third-order valence-corrected chi connectivity index (χ3v) is 9.90. The summed E-state index contributed by atoms with van der Waals surface area (Å²) in [5.41, 5.74) is -0.122. The molecular formula is C46H39BF7N4O5. The van der Waals surface area contributed by atoms with Crippen LogP contribution in [0.1, 0.15) is 61.9 Å². The SMILES string of the molecule is F.[3HH].[B].[C-]#[N+]c1c(C(F)(F)F)cc(-c2ccc(C(=O)O)cc2)n(Cc2ccc(C)cc2C)c1=O.[C-]#[N+]c1c(C(F)(F)F)cc(-c2ccc(CO)cc2)n(Cc2ccc(C)cc2C)c1=O. The topological polar surface area (TPSA) is 110 Å². The summed E-state index contributed by atoms with van der Waals surface area (Å²) in [6.07, 6.45) is -9.73. The largest absolute Gasteiger partial charge is 0.478 e. The summed E-state index contributed by atoms with van der Waals surface area (Å²) in [6, 6.07) is 24.2. The van der Waals surface area contributed by atoms with Crippen LogP contribution in [0.25, 0.3) is 32.2 Å². The first-order valence-corrected chi connectivity index (χ1v) is 18.3. The van der Waals surface area contributed by atoms with Crippen LogP contribution >= 0.6 is 0 Å². The Balaban J connectivity index is 0.000000421. The Kier molecular flexibility index (Phi) is 16.0. The van der Waals surface area contributed by atoms with E-state index in [2.05, 4.69) is 9.69 Å². The highest BCUT2D eigenvalue weighted by molar-refractivity contribution is 5.88. The summed E-state index contributed by atoms with van der Waals surface area (Å²) in [6.45, 7) is 21.6. The maximum Gasteiger partial charge on any atom is 0.407 e. The predicted molar refractivity (Wildman–Crippen MR) is 228 cm³/mol. The fourth-order valence-corrected chi connectivity index (χ4v) is 6.66. The Labute approximate surface area is 360 Å². The third kappa shape index (κ3) is 11.2. The van der Waals surface area contributed by atoms with Crippen molar-refractivity contribution in [3.05, 3.63) is 196 Å². The molecule has 0 spiro atoms. The number of aromatic carboxylic acids is 1. The number of hydrogen-bond donors (Lipinski definition) is 2. The molecule has 0 aliphatic heterocycles. The standard InChI is InChI=1S/C23H17F3N2O3.C23H19F3N2O2.B.FH.H2/c1-13-4-5-17(14(2)10-13)12-28-19(15-6-8-16(9-7-15)22(30)31)11-18(23(24,25)26)20(27-3)21(28)29;1-14-4-7-18(15(2)10-14)12-28-20(17-8-5-16(13-29)6-9-17)11-19(23(24,25)26)21(27-3)22(28)30;;;/h4-11H,12H2,1-2H3,(H,30,31);4-11,29H,12-13H2,1-2H3;;2*1H/i;;;;1+2. The molecule has 4 aromatic carbocycles. The highest BCUT2D eigenvalue weighted by Gasteiger charge is 2.37. The van der Waals surface area contributed by atoms with Crippen LogP contribution in [0.5, 0.6) is 0 Å². The number of hydrogen-bond acceptors (Lipinski definition) is 4. The van der Waals surface area contributed by atoms with E-state index < -0.39 is 51.9 Å². The summed E-state index contributed by atoms with van der Waals surface area (Å²) < 4.78 is 83.8. The molecule has 63 heavy (non-hydrogen) atoms. The lowest BCUT2D eigenvalue weighted by Crippen LogP contribution is -2.25. The molecule has 3 radical (unpaired) electrons. The van der Waals surface area contributed by atoms with Crippen molar-refractivity contribution >= 4 is 25.8 Å². The number of rotatable bonds is 8. The van der Waals surface area contributed by atoms with Gasteiger partial charge in [-0.1, -0.05) is 83.9 Å². The van der Waals surface area contributed by atoms with E-state index in [-0.39, 0.29) is 56.8 Å². The lowest BCUT2D eigenvalue weighted by molar-refractivity contribution is -0.137. The number of aliphatic hydroxyl groups excluding tert-OH is 1.